The van der Waals surface area contributed by atoms with Crippen LogP contribution < -0.4 is 9.47 Å². The molecule has 2 fully saturated rings. The van der Waals surface area contributed by atoms with Crippen LogP contribution in [0, 0.1) is 5.92 Å². The van der Waals surface area contributed by atoms with E-state index in [4.69, 9.17) is 28.5 Å². The summed E-state index contributed by atoms with van der Waals surface area (Å²) in [5, 5.41) is 4.03. The van der Waals surface area contributed by atoms with E-state index in [9.17, 15) is 4.79 Å². The summed E-state index contributed by atoms with van der Waals surface area (Å²) in [4.78, 5) is 18.0. The lowest BCUT2D eigenvalue weighted by atomic mass is 9.74. The lowest BCUT2D eigenvalue weighted by Crippen LogP contribution is -2.21. The molecule has 4 aliphatic rings. The van der Waals surface area contributed by atoms with Crippen LogP contribution in [0.15, 0.2) is 94.4 Å². The first-order chi connectivity index (χ1) is 19.4. The molecule has 8 nitrogen and oxygen atoms in total. The quantitative estimate of drug-likeness (QED) is 0.192. The third-order valence-corrected chi connectivity index (χ3v) is 7.30. The molecule has 0 amide bonds. The average Bonchev–Trinajstić information content (AvgIpc) is 3.51. The fourth-order valence-corrected chi connectivity index (χ4v) is 5.39. The van der Waals surface area contributed by atoms with Gasteiger partial charge in [-0.05, 0) is 84.4 Å². The van der Waals surface area contributed by atoms with E-state index in [1.54, 1.807) is 19.6 Å². The van der Waals surface area contributed by atoms with E-state index in [1.807, 2.05) is 56.3 Å². The highest BCUT2D eigenvalue weighted by atomic mass is 16.9. The van der Waals surface area contributed by atoms with Crippen molar-refractivity contribution in [2.45, 2.75) is 38.8 Å². The molecule has 0 bridgehead atoms. The number of fused-ring (bicyclic) bond motifs is 1. The first kappa shape index (κ1) is 26.1. The summed E-state index contributed by atoms with van der Waals surface area (Å²) in [6.45, 7) is 4.32. The molecule has 8 heteroatoms. The number of carbonyl (C=O) groups excluding carboxylic acids is 1. The molecule has 2 saturated heterocycles. The van der Waals surface area contributed by atoms with Crippen LogP contribution >= 0.6 is 0 Å². The second-order valence-corrected chi connectivity index (χ2v) is 10.5. The molecule has 40 heavy (non-hydrogen) atoms. The summed E-state index contributed by atoms with van der Waals surface area (Å²) < 4.78 is 28.0. The fraction of sp³-hybridized carbons (Fsp3) is 0.312. The van der Waals surface area contributed by atoms with Crippen molar-refractivity contribution in [3.8, 4) is 11.5 Å². The Bertz CT molecular complexity index is 1480. The summed E-state index contributed by atoms with van der Waals surface area (Å²) in [5.41, 5.74) is 7.32. The van der Waals surface area contributed by atoms with Crippen molar-refractivity contribution < 1.29 is 33.3 Å². The largest absolute Gasteiger partial charge is 0.497 e. The third-order valence-electron chi connectivity index (χ3n) is 7.30. The molecule has 206 valence electrons. The number of carbonyl (C=O) groups is 1. The van der Waals surface area contributed by atoms with Crippen molar-refractivity contribution >= 4 is 17.8 Å². The summed E-state index contributed by atoms with van der Waals surface area (Å²) in [5.74, 6) is 0.376. The monoisotopic (exact) mass is 541 g/mol. The molecule has 0 aromatic heterocycles. The van der Waals surface area contributed by atoms with Crippen molar-refractivity contribution in [1.29, 1.82) is 0 Å². The lowest BCUT2D eigenvalue weighted by molar-refractivity contribution is -0.190. The Morgan fingerprint density at radius 2 is 1.93 bits per heavy atom. The number of hydrogen-bond donors (Lipinski definition) is 0. The minimum atomic E-state index is -0.668. The van der Waals surface area contributed by atoms with Gasteiger partial charge in [0.25, 0.3) is 6.29 Å². The van der Waals surface area contributed by atoms with Crippen LogP contribution in [-0.2, 0) is 23.8 Å². The number of benzene rings is 2. The number of oxime groups is 1. The minimum Gasteiger partial charge on any atom is -0.497 e. The van der Waals surface area contributed by atoms with Crippen LogP contribution in [0.5, 0.6) is 11.5 Å². The van der Waals surface area contributed by atoms with Crippen molar-refractivity contribution in [3.05, 3.63) is 100 Å². The number of hydrogen-bond acceptors (Lipinski definition) is 8. The Kier molecular flexibility index (Phi) is 7.04. The molecule has 2 atom stereocenters. The Balaban J connectivity index is 1.16. The first-order valence-electron chi connectivity index (χ1n) is 13.3. The van der Waals surface area contributed by atoms with Crippen molar-refractivity contribution in [2.75, 3.05) is 20.3 Å². The molecule has 0 N–H and O–H groups in total. The summed E-state index contributed by atoms with van der Waals surface area (Å²) >= 11 is 0. The highest BCUT2D eigenvalue weighted by Crippen LogP contribution is 2.47. The van der Waals surface area contributed by atoms with E-state index in [0.717, 1.165) is 39.2 Å². The summed E-state index contributed by atoms with van der Waals surface area (Å²) in [6.07, 6.45) is 8.36. The van der Waals surface area contributed by atoms with Crippen molar-refractivity contribution in [1.82, 2.24) is 0 Å². The van der Waals surface area contributed by atoms with Crippen LogP contribution in [0.25, 0.3) is 5.57 Å². The maximum Gasteiger partial charge on any atom is 0.313 e. The number of nitrogens with zero attached hydrogens (tertiary/aromatic N) is 1. The van der Waals surface area contributed by atoms with Crippen LogP contribution in [0.3, 0.4) is 0 Å². The minimum absolute atomic E-state index is 0.156. The van der Waals surface area contributed by atoms with Crippen LogP contribution in [-0.4, -0.2) is 44.6 Å². The lowest BCUT2D eigenvalue weighted by Gasteiger charge is -2.28. The Morgan fingerprint density at radius 1 is 1.07 bits per heavy atom. The van der Waals surface area contributed by atoms with Gasteiger partial charge in [-0.3, -0.25) is 4.79 Å². The van der Waals surface area contributed by atoms with Crippen LogP contribution in [0.4, 0.5) is 0 Å². The maximum atomic E-state index is 12.6. The molecule has 0 radical (unpaired) electrons. The predicted molar refractivity (Wildman–Crippen MR) is 148 cm³/mol. The fourth-order valence-electron chi connectivity index (χ4n) is 5.39. The van der Waals surface area contributed by atoms with E-state index in [0.29, 0.717) is 31.8 Å². The summed E-state index contributed by atoms with van der Waals surface area (Å²) in [7, 11) is 1.66. The molecule has 2 aromatic carbocycles. The number of esters is 1. The van der Waals surface area contributed by atoms with E-state index >= 15 is 0 Å². The van der Waals surface area contributed by atoms with Crippen LogP contribution in [0.2, 0.25) is 0 Å². The first-order valence-corrected chi connectivity index (χ1v) is 13.3. The molecule has 6 rings (SSSR count). The van der Waals surface area contributed by atoms with E-state index in [-0.39, 0.29) is 11.9 Å². The smallest absolute Gasteiger partial charge is 0.313 e. The number of rotatable bonds is 7. The molecular weight excluding hydrogens is 510 g/mol. The summed E-state index contributed by atoms with van der Waals surface area (Å²) in [6, 6.07) is 15.5. The highest BCUT2D eigenvalue weighted by molar-refractivity contribution is 5.94. The van der Waals surface area contributed by atoms with Gasteiger partial charge in [0.05, 0.1) is 25.5 Å². The van der Waals surface area contributed by atoms with Gasteiger partial charge in [0.2, 0.25) is 0 Å². The van der Waals surface area contributed by atoms with Gasteiger partial charge >= 0.3 is 5.97 Å². The molecule has 0 spiro atoms. The Hall–Kier alpha value is -4.14. The van der Waals surface area contributed by atoms with Gasteiger partial charge in [-0.25, -0.2) is 0 Å². The Labute approximate surface area is 233 Å². The molecule has 2 heterocycles. The second-order valence-electron chi connectivity index (χ2n) is 10.5. The normalized spacial score (nSPS) is 24.4. The van der Waals surface area contributed by atoms with E-state index < -0.39 is 12.1 Å². The third kappa shape index (κ3) is 5.46. The zero-order valence-corrected chi connectivity index (χ0v) is 22.7. The van der Waals surface area contributed by atoms with Gasteiger partial charge in [0, 0.05) is 0 Å². The maximum absolute atomic E-state index is 12.6. The topological polar surface area (TPSA) is 84.8 Å². The van der Waals surface area contributed by atoms with Gasteiger partial charge < -0.3 is 28.5 Å². The molecule has 1 unspecified atom stereocenters. The van der Waals surface area contributed by atoms with Gasteiger partial charge in [0.1, 0.15) is 24.7 Å². The van der Waals surface area contributed by atoms with Gasteiger partial charge in [0.15, 0.2) is 5.79 Å². The van der Waals surface area contributed by atoms with Gasteiger partial charge in [-0.2, -0.15) is 0 Å². The second kappa shape index (κ2) is 10.8. The SMILES string of the molecule is COc1cccc(C2=C3COC(=O)C3CC3=C2C=CC(=COc2cccc(C=NO[C@H]4COC(C)(C)O4)c2)C3)c1. The highest BCUT2D eigenvalue weighted by Gasteiger charge is 2.40. The Morgan fingerprint density at radius 3 is 2.75 bits per heavy atom. The average molecular weight is 542 g/mol. The van der Waals surface area contributed by atoms with Crippen LogP contribution in [0.1, 0.15) is 37.8 Å². The molecule has 2 aliphatic carbocycles. The zero-order chi connectivity index (χ0) is 27.7. The number of allylic oxidation sites excluding steroid dienone is 6. The predicted octanol–water partition coefficient (Wildman–Crippen LogP) is 5.70. The zero-order valence-electron chi connectivity index (χ0n) is 22.7. The molecule has 2 aromatic rings. The van der Waals surface area contributed by atoms with Gasteiger partial charge in [-0.1, -0.05) is 47.1 Å². The number of ether oxygens (including phenoxy) is 5. The van der Waals surface area contributed by atoms with Crippen molar-refractivity contribution in [2.24, 2.45) is 11.1 Å². The molecule has 0 saturated carbocycles. The van der Waals surface area contributed by atoms with Crippen molar-refractivity contribution in [3.63, 3.8) is 0 Å². The standard InChI is InChI=1S/C32H31NO7/c1-32(2)38-19-29(39-32)40-33-16-20-6-4-9-25(13-20)36-17-21-10-11-26-23(12-21)15-27-28(18-37-31(27)34)30(26)22-7-5-8-24(14-22)35-3/h4-11,13-14,16-17,27,29H,12,15,18-19H2,1-3H3/t27?,29-/m0/s1. The van der Waals surface area contributed by atoms with Gasteiger partial charge in [-0.15, -0.1) is 0 Å². The molecular formula is C32H31NO7. The van der Waals surface area contributed by atoms with E-state index in [1.165, 1.54) is 5.57 Å². The molecule has 2 aliphatic heterocycles. The number of methoxy groups -OCH3 is 1. The van der Waals surface area contributed by atoms with E-state index in [2.05, 4.69) is 23.4 Å². The number of cyclic esters (lactones) is 1.